The van der Waals surface area contributed by atoms with Crippen molar-refractivity contribution in [1.82, 2.24) is 0 Å². The lowest BCUT2D eigenvalue weighted by Crippen LogP contribution is -2.12. The molecule has 0 fully saturated rings. The largest absolute Gasteiger partial charge is 0.462 e. The maximum atomic E-state index is 11.1. The molecule has 0 unspecified atom stereocenters. The highest BCUT2D eigenvalue weighted by Crippen LogP contribution is 2.18. The molecule has 0 saturated carbocycles. The Kier molecular flexibility index (Phi) is 5.94. The monoisotopic (exact) mass is 319 g/mol. The summed E-state index contributed by atoms with van der Waals surface area (Å²) in [6, 6.07) is 0. The van der Waals surface area contributed by atoms with E-state index in [2.05, 4.69) is 17.4 Å². The fourth-order valence-electron chi connectivity index (χ4n) is 0.468. The first-order valence-corrected chi connectivity index (χ1v) is 4.91. The van der Waals surface area contributed by atoms with Gasteiger partial charge in [-0.15, -0.1) is 12.6 Å². The zero-order valence-corrected chi connectivity index (χ0v) is 10.0. The second-order valence-corrected chi connectivity index (χ2v) is 3.87. The Hall–Kier alpha value is 0.250. The zero-order valence-electron chi connectivity index (χ0n) is 6.23. The molecule has 0 rings (SSSR count). The predicted octanol–water partition coefficient (Wildman–Crippen LogP) is 2.34. The highest BCUT2D eigenvalue weighted by molar-refractivity contribution is 14.1. The number of nitrogens with one attached hydrogen (secondary N) is 1. The molecule has 0 aliphatic rings. The highest BCUT2D eigenvalue weighted by atomic mass is 127. The minimum atomic E-state index is -0.614. The fraction of sp³-hybridized carbons (Fsp3) is 0.333. The molecule has 0 saturated heterocycles. The number of ether oxygens (including phenoxy) is 1. The third-order valence-electron chi connectivity index (χ3n) is 0.905. The summed E-state index contributed by atoms with van der Waals surface area (Å²) >= 11 is 10.9. The number of carbonyl (C=O) groups is 1. The molecule has 0 aromatic carbocycles. The smallest absolute Gasteiger partial charge is 0.342 e. The number of halogens is 2. The van der Waals surface area contributed by atoms with E-state index in [0.29, 0.717) is 0 Å². The van der Waals surface area contributed by atoms with Crippen LogP contribution in [0.15, 0.2) is 9.94 Å². The molecule has 0 aromatic rings. The molecular formula is C6H7ClINO2S. The van der Waals surface area contributed by atoms with E-state index in [9.17, 15) is 4.79 Å². The first kappa shape index (κ1) is 12.2. The molecule has 6 heteroatoms. The number of thiol groups is 1. The summed E-state index contributed by atoms with van der Waals surface area (Å²) in [7, 11) is 0. The molecule has 0 radical (unpaired) electrons. The van der Waals surface area contributed by atoms with E-state index in [0.717, 1.165) is 0 Å². The standard InChI is InChI=1S/C6H7ClINO2S/c1-2-11-6(10)3(4(7)12)5(8)9/h9,12H,2H2,1H3/b4-3+,9-5?. The van der Waals surface area contributed by atoms with E-state index in [-0.39, 0.29) is 20.3 Å². The van der Waals surface area contributed by atoms with Crippen LogP contribution < -0.4 is 0 Å². The van der Waals surface area contributed by atoms with Crippen LogP contribution >= 0.6 is 46.8 Å². The van der Waals surface area contributed by atoms with Crippen molar-refractivity contribution in [2.45, 2.75) is 6.92 Å². The second kappa shape index (κ2) is 5.82. The molecule has 0 aliphatic heterocycles. The Labute approximate surface area is 94.6 Å². The summed E-state index contributed by atoms with van der Waals surface area (Å²) in [5.74, 6) is -0.614. The van der Waals surface area contributed by atoms with Gasteiger partial charge in [0.25, 0.3) is 0 Å². The van der Waals surface area contributed by atoms with E-state index in [1.807, 2.05) is 0 Å². The van der Waals surface area contributed by atoms with Gasteiger partial charge in [-0.1, -0.05) is 11.6 Å². The van der Waals surface area contributed by atoms with E-state index in [4.69, 9.17) is 17.0 Å². The molecule has 3 nitrogen and oxygen atoms in total. The predicted molar refractivity (Wildman–Crippen MR) is 60.2 cm³/mol. The summed E-state index contributed by atoms with van der Waals surface area (Å²) in [5, 5.41) is 7.19. The van der Waals surface area contributed by atoms with E-state index in [1.54, 1.807) is 29.5 Å². The van der Waals surface area contributed by atoms with Crippen LogP contribution in [0.5, 0.6) is 0 Å². The maximum Gasteiger partial charge on any atom is 0.342 e. The topological polar surface area (TPSA) is 50.2 Å². The first-order chi connectivity index (χ1) is 5.50. The molecule has 0 amide bonds. The van der Waals surface area contributed by atoms with Crippen molar-refractivity contribution < 1.29 is 9.53 Å². The van der Waals surface area contributed by atoms with E-state index < -0.39 is 5.97 Å². The molecule has 0 heterocycles. The van der Waals surface area contributed by atoms with Gasteiger partial charge in [0.2, 0.25) is 0 Å². The Morgan fingerprint density at radius 3 is 2.50 bits per heavy atom. The number of hydrogen-bond acceptors (Lipinski definition) is 4. The van der Waals surface area contributed by atoms with Crippen molar-refractivity contribution in [2.75, 3.05) is 6.61 Å². The lowest BCUT2D eigenvalue weighted by atomic mass is 10.3. The second-order valence-electron chi connectivity index (χ2n) is 1.70. The zero-order chi connectivity index (χ0) is 9.72. The van der Waals surface area contributed by atoms with Crippen molar-refractivity contribution in [1.29, 1.82) is 5.41 Å². The fourth-order valence-corrected chi connectivity index (χ4v) is 1.71. The lowest BCUT2D eigenvalue weighted by molar-refractivity contribution is -0.137. The van der Waals surface area contributed by atoms with Crippen LogP contribution in [0.25, 0.3) is 0 Å². The SMILES string of the molecule is CCOC(=O)/C(C(=N)I)=C(/S)Cl. The highest BCUT2D eigenvalue weighted by Gasteiger charge is 2.16. The first-order valence-electron chi connectivity index (χ1n) is 3.01. The van der Waals surface area contributed by atoms with E-state index >= 15 is 0 Å². The van der Waals surface area contributed by atoms with Crippen LogP contribution in [-0.4, -0.2) is 16.3 Å². The molecule has 0 atom stereocenters. The summed E-state index contributed by atoms with van der Waals surface area (Å²) < 4.78 is 4.65. The molecule has 68 valence electrons. The quantitative estimate of drug-likeness (QED) is 0.276. The summed E-state index contributed by atoms with van der Waals surface area (Å²) in [6.07, 6.45) is 0. The van der Waals surface area contributed by atoms with Crippen LogP contribution in [0.4, 0.5) is 0 Å². The van der Waals surface area contributed by atoms with Gasteiger partial charge in [0.1, 0.15) is 9.29 Å². The van der Waals surface area contributed by atoms with Gasteiger partial charge >= 0.3 is 5.97 Å². The molecular weight excluding hydrogens is 312 g/mol. The van der Waals surface area contributed by atoms with Crippen LogP contribution in [0.1, 0.15) is 6.92 Å². The van der Waals surface area contributed by atoms with Crippen molar-refractivity contribution >= 4 is 56.5 Å². The molecule has 0 spiro atoms. The Bertz CT molecular complexity index is 238. The molecule has 1 N–H and O–H groups in total. The molecule has 0 aliphatic carbocycles. The number of esters is 1. The van der Waals surface area contributed by atoms with Crippen LogP contribution in [0.2, 0.25) is 0 Å². The average Bonchev–Trinajstić information content (AvgIpc) is 1.85. The summed E-state index contributed by atoms with van der Waals surface area (Å²) in [5.41, 5.74) is 0.00227. The Morgan fingerprint density at radius 1 is 1.75 bits per heavy atom. The van der Waals surface area contributed by atoms with Gasteiger partial charge in [0.15, 0.2) is 0 Å². The Morgan fingerprint density at radius 2 is 2.25 bits per heavy atom. The van der Waals surface area contributed by atoms with Crippen molar-refractivity contribution in [3.05, 3.63) is 9.94 Å². The van der Waals surface area contributed by atoms with E-state index in [1.165, 1.54) is 0 Å². The summed E-state index contributed by atoms with van der Waals surface area (Å²) in [6.45, 7) is 1.93. The third kappa shape index (κ3) is 3.77. The average molecular weight is 320 g/mol. The molecule has 0 bridgehead atoms. The number of hydrogen-bond donors (Lipinski definition) is 2. The van der Waals surface area contributed by atoms with Gasteiger partial charge < -0.3 is 4.74 Å². The van der Waals surface area contributed by atoms with Gasteiger partial charge in [0, 0.05) is 0 Å². The maximum absolute atomic E-state index is 11.1. The minimum absolute atomic E-state index is 0.00227. The molecule has 0 aromatic heterocycles. The van der Waals surface area contributed by atoms with Crippen molar-refractivity contribution in [3.63, 3.8) is 0 Å². The van der Waals surface area contributed by atoms with Crippen molar-refractivity contribution in [2.24, 2.45) is 0 Å². The molecule has 12 heavy (non-hydrogen) atoms. The lowest BCUT2D eigenvalue weighted by Gasteiger charge is -2.03. The van der Waals surface area contributed by atoms with Gasteiger partial charge in [-0.2, -0.15) is 0 Å². The number of rotatable bonds is 3. The number of carbonyl (C=O) groups excluding carboxylic acids is 1. The Balaban J connectivity index is 4.67. The van der Waals surface area contributed by atoms with Crippen LogP contribution in [0, 0.1) is 5.41 Å². The minimum Gasteiger partial charge on any atom is -0.462 e. The normalized spacial score (nSPS) is 12.0. The van der Waals surface area contributed by atoms with Gasteiger partial charge in [-0.05, 0) is 29.5 Å². The summed E-state index contributed by atoms with van der Waals surface area (Å²) in [4.78, 5) is 11.1. The van der Waals surface area contributed by atoms with Gasteiger partial charge in [-0.25, -0.2) is 4.79 Å². The van der Waals surface area contributed by atoms with Crippen molar-refractivity contribution in [3.8, 4) is 0 Å². The van der Waals surface area contributed by atoms with Crippen LogP contribution in [0.3, 0.4) is 0 Å². The van der Waals surface area contributed by atoms with Gasteiger partial charge in [0.05, 0.1) is 11.0 Å². The third-order valence-corrected chi connectivity index (χ3v) is 1.86. The van der Waals surface area contributed by atoms with Gasteiger partial charge in [-0.3, -0.25) is 5.41 Å². The van der Waals surface area contributed by atoms with Crippen LogP contribution in [-0.2, 0) is 9.53 Å².